The van der Waals surface area contributed by atoms with Crippen molar-refractivity contribution in [2.24, 2.45) is 0 Å². The van der Waals surface area contributed by atoms with E-state index in [4.69, 9.17) is 18.9 Å². The molecular formula is C26H40O7. The number of unbranched alkanes of at least 4 members (excludes halogenated alkanes) is 8. The van der Waals surface area contributed by atoms with Gasteiger partial charge in [0.25, 0.3) is 0 Å². The van der Waals surface area contributed by atoms with Gasteiger partial charge in [0, 0.05) is 33.3 Å². The Morgan fingerprint density at radius 3 is 1.85 bits per heavy atom. The standard InChI is InChI=1S/C26H40O7/c1-20(27)31-15-13-11-9-7-5-6-8-10-12-14-24(32-21(2)28)16-23-17-25(30-4)19-26(18-23)33-22(3)29/h17-19,24H,5-16H2,1-4H3/t24-/m1/s1. The molecule has 0 fully saturated rings. The first-order valence-electron chi connectivity index (χ1n) is 12.0. The Bertz CT molecular complexity index is 729. The molecular weight excluding hydrogens is 424 g/mol. The fourth-order valence-corrected chi connectivity index (χ4v) is 3.72. The van der Waals surface area contributed by atoms with E-state index in [9.17, 15) is 14.4 Å². The zero-order valence-corrected chi connectivity index (χ0v) is 20.7. The maximum Gasteiger partial charge on any atom is 0.308 e. The van der Waals surface area contributed by atoms with Crippen LogP contribution in [0.1, 0.15) is 90.5 Å². The molecule has 0 saturated carbocycles. The van der Waals surface area contributed by atoms with Crippen LogP contribution in [-0.2, 0) is 30.3 Å². The summed E-state index contributed by atoms with van der Waals surface area (Å²) in [5.74, 6) is 0.118. The largest absolute Gasteiger partial charge is 0.497 e. The number of hydrogen-bond acceptors (Lipinski definition) is 7. The number of carbonyl (C=O) groups is 3. The topological polar surface area (TPSA) is 88.1 Å². The van der Waals surface area contributed by atoms with E-state index < -0.39 is 5.97 Å². The molecule has 0 N–H and O–H groups in total. The average Bonchev–Trinajstić information content (AvgIpc) is 2.73. The SMILES string of the molecule is COc1cc(C[C@@H](CCCCCCCCCCCOC(C)=O)OC(C)=O)cc(OC(C)=O)c1. The zero-order chi connectivity index (χ0) is 24.5. The lowest BCUT2D eigenvalue weighted by molar-refractivity contribution is -0.146. The first kappa shape index (κ1) is 28.5. The number of rotatable bonds is 17. The van der Waals surface area contributed by atoms with Crippen LogP contribution in [0.25, 0.3) is 0 Å². The number of benzene rings is 1. The number of hydrogen-bond donors (Lipinski definition) is 0. The smallest absolute Gasteiger partial charge is 0.308 e. The molecule has 0 spiro atoms. The van der Waals surface area contributed by atoms with Crippen LogP contribution in [-0.4, -0.2) is 37.7 Å². The highest BCUT2D eigenvalue weighted by molar-refractivity contribution is 5.69. The fourth-order valence-electron chi connectivity index (χ4n) is 3.72. The van der Waals surface area contributed by atoms with Gasteiger partial charge in [-0.25, -0.2) is 0 Å². The quantitative estimate of drug-likeness (QED) is 0.169. The summed E-state index contributed by atoms with van der Waals surface area (Å²) < 4.78 is 21.0. The normalized spacial score (nSPS) is 11.5. The summed E-state index contributed by atoms with van der Waals surface area (Å²) in [5.41, 5.74) is 0.894. The Balaban J connectivity index is 2.34. The summed E-state index contributed by atoms with van der Waals surface area (Å²) in [6.07, 6.45) is 11.2. The van der Waals surface area contributed by atoms with E-state index in [1.165, 1.54) is 46.5 Å². The monoisotopic (exact) mass is 464 g/mol. The summed E-state index contributed by atoms with van der Waals surface area (Å²) in [5, 5.41) is 0. The summed E-state index contributed by atoms with van der Waals surface area (Å²) in [6, 6.07) is 5.31. The second kappa shape index (κ2) is 17.0. The highest BCUT2D eigenvalue weighted by atomic mass is 16.5. The van der Waals surface area contributed by atoms with Gasteiger partial charge in [-0.1, -0.05) is 44.9 Å². The van der Waals surface area contributed by atoms with Crippen molar-refractivity contribution >= 4 is 17.9 Å². The molecule has 1 aromatic rings. The Kier molecular flexibility index (Phi) is 14.6. The van der Waals surface area contributed by atoms with Crippen molar-refractivity contribution in [3.8, 4) is 11.5 Å². The van der Waals surface area contributed by atoms with Crippen molar-refractivity contribution in [3.63, 3.8) is 0 Å². The van der Waals surface area contributed by atoms with Crippen LogP contribution in [0, 0.1) is 0 Å². The third-order valence-electron chi connectivity index (χ3n) is 5.21. The number of esters is 3. The second-order valence-corrected chi connectivity index (χ2v) is 8.36. The van der Waals surface area contributed by atoms with Crippen molar-refractivity contribution in [1.82, 2.24) is 0 Å². The maximum absolute atomic E-state index is 11.6. The Hall–Kier alpha value is -2.57. The van der Waals surface area contributed by atoms with Gasteiger partial charge in [-0.15, -0.1) is 0 Å². The lowest BCUT2D eigenvalue weighted by Crippen LogP contribution is -2.19. The Morgan fingerprint density at radius 2 is 1.30 bits per heavy atom. The molecule has 0 aromatic heterocycles. The molecule has 1 atom stereocenters. The van der Waals surface area contributed by atoms with Gasteiger partial charge in [-0.3, -0.25) is 14.4 Å². The summed E-state index contributed by atoms with van der Waals surface area (Å²) in [4.78, 5) is 33.6. The molecule has 0 radical (unpaired) electrons. The van der Waals surface area contributed by atoms with Gasteiger partial charge in [0.2, 0.25) is 0 Å². The van der Waals surface area contributed by atoms with Crippen molar-refractivity contribution in [1.29, 1.82) is 0 Å². The highest BCUT2D eigenvalue weighted by Gasteiger charge is 2.15. The van der Waals surface area contributed by atoms with Gasteiger partial charge in [0.15, 0.2) is 0 Å². The van der Waals surface area contributed by atoms with Crippen LogP contribution < -0.4 is 9.47 Å². The van der Waals surface area contributed by atoms with Crippen LogP contribution in [0.2, 0.25) is 0 Å². The fraction of sp³-hybridized carbons (Fsp3) is 0.654. The van der Waals surface area contributed by atoms with Crippen molar-refractivity contribution in [2.75, 3.05) is 13.7 Å². The molecule has 0 aliphatic carbocycles. The highest BCUT2D eigenvalue weighted by Crippen LogP contribution is 2.25. The molecule has 186 valence electrons. The first-order valence-corrected chi connectivity index (χ1v) is 12.0. The molecule has 33 heavy (non-hydrogen) atoms. The van der Waals surface area contributed by atoms with Gasteiger partial charge in [0.1, 0.15) is 17.6 Å². The Labute approximate surface area is 198 Å². The summed E-state index contributed by atoms with van der Waals surface area (Å²) >= 11 is 0. The number of methoxy groups -OCH3 is 1. The van der Waals surface area contributed by atoms with Gasteiger partial charge in [-0.05, 0) is 37.0 Å². The second-order valence-electron chi connectivity index (χ2n) is 8.36. The number of carbonyl (C=O) groups excluding carboxylic acids is 3. The number of ether oxygens (including phenoxy) is 4. The van der Waals surface area contributed by atoms with E-state index >= 15 is 0 Å². The molecule has 7 heteroatoms. The van der Waals surface area contributed by atoms with Gasteiger partial charge >= 0.3 is 17.9 Å². The van der Waals surface area contributed by atoms with Crippen LogP contribution >= 0.6 is 0 Å². The van der Waals surface area contributed by atoms with E-state index in [1.54, 1.807) is 19.2 Å². The van der Waals surface area contributed by atoms with E-state index in [0.29, 0.717) is 24.5 Å². The molecule has 0 aliphatic heterocycles. The molecule has 7 nitrogen and oxygen atoms in total. The minimum atomic E-state index is -0.396. The third kappa shape index (κ3) is 15.0. The Morgan fingerprint density at radius 1 is 0.727 bits per heavy atom. The third-order valence-corrected chi connectivity index (χ3v) is 5.21. The van der Waals surface area contributed by atoms with E-state index in [0.717, 1.165) is 44.1 Å². The molecule has 0 aliphatic rings. The lowest BCUT2D eigenvalue weighted by atomic mass is 10.0. The van der Waals surface area contributed by atoms with Gasteiger partial charge in [0.05, 0.1) is 13.7 Å². The minimum Gasteiger partial charge on any atom is -0.497 e. The van der Waals surface area contributed by atoms with Crippen molar-refractivity contribution in [3.05, 3.63) is 23.8 Å². The average molecular weight is 465 g/mol. The molecule has 0 heterocycles. The summed E-state index contributed by atoms with van der Waals surface area (Å²) in [7, 11) is 1.56. The summed E-state index contributed by atoms with van der Waals surface area (Å²) in [6.45, 7) is 4.75. The predicted octanol–water partition coefficient (Wildman–Crippen LogP) is 5.56. The minimum absolute atomic E-state index is 0.207. The predicted molar refractivity (Wildman–Crippen MR) is 126 cm³/mol. The zero-order valence-electron chi connectivity index (χ0n) is 20.7. The van der Waals surface area contributed by atoms with E-state index in [2.05, 4.69) is 0 Å². The molecule has 0 bridgehead atoms. The van der Waals surface area contributed by atoms with Crippen molar-refractivity contribution in [2.45, 2.75) is 97.5 Å². The van der Waals surface area contributed by atoms with Crippen molar-refractivity contribution < 1.29 is 33.3 Å². The van der Waals surface area contributed by atoms with Crippen LogP contribution in [0.5, 0.6) is 11.5 Å². The van der Waals surface area contributed by atoms with Crippen LogP contribution in [0.15, 0.2) is 18.2 Å². The van der Waals surface area contributed by atoms with E-state index in [-0.39, 0.29) is 18.0 Å². The molecule has 1 rings (SSSR count). The molecule has 1 aromatic carbocycles. The van der Waals surface area contributed by atoms with Gasteiger partial charge in [-0.2, -0.15) is 0 Å². The van der Waals surface area contributed by atoms with E-state index in [1.807, 2.05) is 6.07 Å². The molecule has 0 unspecified atom stereocenters. The van der Waals surface area contributed by atoms with Gasteiger partial charge < -0.3 is 18.9 Å². The lowest BCUT2D eigenvalue weighted by Gasteiger charge is -2.18. The molecule has 0 saturated heterocycles. The maximum atomic E-state index is 11.6. The molecule has 0 amide bonds. The first-order chi connectivity index (χ1) is 15.8. The van der Waals surface area contributed by atoms with Crippen LogP contribution in [0.4, 0.5) is 0 Å². The van der Waals surface area contributed by atoms with Crippen LogP contribution in [0.3, 0.4) is 0 Å².